The van der Waals surface area contributed by atoms with Crippen molar-refractivity contribution in [3.8, 4) is 40.5 Å². The van der Waals surface area contributed by atoms with Crippen molar-refractivity contribution in [3.63, 3.8) is 0 Å². The third kappa shape index (κ3) is 7.57. The van der Waals surface area contributed by atoms with Gasteiger partial charge >= 0.3 is 0 Å². The maximum absolute atomic E-state index is 15.8. The third-order valence-corrected chi connectivity index (χ3v) is 5.70. The fourth-order valence-corrected chi connectivity index (χ4v) is 3.79. The molecule has 0 amide bonds. The molecule has 0 saturated carbocycles. The summed E-state index contributed by atoms with van der Waals surface area (Å²) in [6.07, 6.45) is 0.0506. The van der Waals surface area contributed by atoms with Crippen LogP contribution < -0.4 is 31.0 Å². The number of ether oxygens (including phenoxy) is 4. The fraction of sp³-hybridized carbons (Fsp3) is 0.100. The fourth-order valence-electron chi connectivity index (χ4n) is 3.79. The van der Waals surface area contributed by atoms with Crippen molar-refractivity contribution in [2.75, 3.05) is 11.9 Å². The molecule has 0 aliphatic carbocycles. The number of hydrogen-bond acceptors (Lipinski definition) is 9. The van der Waals surface area contributed by atoms with Gasteiger partial charge in [0, 0.05) is 23.7 Å². The number of aromatic nitrogens is 1. The number of aromatic hydroxyl groups is 1. The summed E-state index contributed by atoms with van der Waals surface area (Å²) >= 11 is 0. The van der Waals surface area contributed by atoms with Crippen LogP contribution in [0.25, 0.3) is 0 Å². The number of nitrogen functional groups attached to an aromatic ring is 1. The minimum Gasteiger partial charge on any atom is -0.504 e. The minimum absolute atomic E-state index is 0.0146. The Kier molecular flexibility index (Phi) is 9.58. The second kappa shape index (κ2) is 13.7. The Morgan fingerprint density at radius 1 is 0.955 bits per heavy atom. The highest BCUT2D eigenvalue weighted by Crippen LogP contribution is 2.41. The molecule has 0 aliphatic heterocycles. The number of carbonyl (C=O) groups excluding carboxylic acids is 1. The summed E-state index contributed by atoms with van der Waals surface area (Å²) in [5, 5.41) is 27.9. The largest absolute Gasteiger partial charge is 0.504 e. The molecule has 0 aliphatic rings. The number of pyridine rings is 1. The number of hydrogen-bond donors (Lipinski definition) is 6. The molecule has 3 aromatic carbocycles. The van der Waals surface area contributed by atoms with Crippen molar-refractivity contribution in [2.24, 2.45) is 11.5 Å². The minimum atomic E-state index is -1.39. The molecule has 4 aromatic rings. The molecule has 4 rings (SSSR count). The number of phenols is 1. The van der Waals surface area contributed by atoms with E-state index in [1.807, 2.05) is 0 Å². The highest BCUT2D eigenvalue weighted by Gasteiger charge is 2.27. The van der Waals surface area contributed by atoms with Crippen molar-refractivity contribution < 1.29 is 37.6 Å². The van der Waals surface area contributed by atoms with E-state index in [0.29, 0.717) is 11.3 Å². The number of nitrogens with zero attached hydrogens (tertiary/aromatic N) is 1. The Morgan fingerprint density at radius 3 is 2.30 bits per heavy atom. The van der Waals surface area contributed by atoms with Crippen LogP contribution in [0.15, 0.2) is 72.5 Å². The first kappa shape index (κ1) is 30.8. The van der Waals surface area contributed by atoms with E-state index in [0.717, 1.165) is 0 Å². The normalized spacial score (nSPS) is 10.3. The van der Waals surface area contributed by atoms with Crippen LogP contribution in [0.1, 0.15) is 18.1 Å². The van der Waals surface area contributed by atoms with Gasteiger partial charge in [0.15, 0.2) is 29.2 Å². The van der Waals surface area contributed by atoms with Gasteiger partial charge in [0.1, 0.15) is 17.3 Å². The van der Waals surface area contributed by atoms with Crippen LogP contribution >= 0.6 is 0 Å². The first-order valence-electron chi connectivity index (χ1n) is 12.8. The standard InChI is InChI=1S/C30H26F2N6O6/c1-2-41-21(15-39)12-16-5-3-7-19(11-16)42-26-24(31)28(43-20-8-4-6-18(14-20)37-30(35)36)38-29(25(26)32)44-23-13-17(27(33)34)9-10-22(23)40/h3-11,13-14,40H,2,12H2,1H3,(H3,33,34)(H4,35,36,37). The second-order valence-corrected chi connectivity index (χ2v) is 8.93. The van der Waals surface area contributed by atoms with E-state index in [2.05, 4.69) is 10.3 Å². The Balaban J connectivity index is 1.78. The lowest BCUT2D eigenvalue weighted by Gasteiger charge is -2.16. The summed E-state index contributed by atoms with van der Waals surface area (Å²) in [5.74, 6) is -5.04. The van der Waals surface area contributed by atoms with E-state index in [1.54, 1.807) is 31.1 Å². The smallest absolute Gasteiger partial charge is 0.263 e. The van der Waals surface area contributed by atoms with E-state index >= 15 is 8.78 Å². The molecular weight excluding hydrogens is 578 g/mol. The molecule has 1 heterocycles. The van der Waals surface area contributed by atoms with Crippen molar-refractivity contribution in [2.45, 2.75) is 13.3 Å². The molecular formula is C30H26F2N6O6. The van der Waals surface area contributed by atoms with Gasteiger partial charge in [-0.2, -0.15) is 13.8 Å². The molecule has 0 saturated heterocycles. The van der Waals surface area contributed by atoms with Gasteiger partial charge in [0.05, 0.1) is 6.61 Å². The van der Waals surface area contributed by atoms with E-state index in [1.165, 1.54) is 48.5 Å². The van der Waals surface area contributed by atoms with Crippen LogP contribution in [0.4, 0.5) is 14.5 Å². The third-order valence-electron chi connectivity index (χ3n) is 5.70. The summed E-state index contributed by atoms with van der Waals surface area (Å²) in [5.41, 5.74) is 11.9. The molecule has 0 radical (unpaired) electrons. The number of nitrogens with two attached hydrogens (primary N) is 2. The molecule has 0 fully saturated rings. The van der Waals surface area contributed by atoms with Crippen LogP contribution in [0.2, 0.25) is 0 Å². The molecule has 0 atom stereocenters. The van der Waals surface area contributed by atoms with E-state index < -0.39 is 34.9 Å². The van der Waals surface area contributed by atoms with E-state index in [-0.39, 0.29) is 53.4 Å². The van der Waals surface area contributed by atoms with Crippen LogP contribution in [-0.2, 0) is 16.0 Å². The highest BCUT2D eigenvalue weighted by molar-refractivity contribution is 5.95. The Bertz CT molecular complexity index is 1780. The summed E-state index contributed by atoms with van der Waals surface area (Å²) in [6.45, 7) is 1.95. The van der Waals surface area contributed by atoms with Gasteiger partial charge in [-0.1, -0.05) is 18.2 Å². The SMILES string of the molecule is CCOC(=C=O)Cc1cccc(Oc2c(F)c(Oc3cccc(NC(=N)N)c3)nc(Oc3cc(C(=N)N)ccc3O)c2F)c1. The van der Waals surface area contributed by atoms with Crippen molar-refractivity contribution in [1.82, 2.24) is 4.98 Å². The quantitative estimate of drug-likeness (QED) is 0.0532. The lowest BCUT2D eigenvalue weighted by Crippen LogP contribution is -2.20. The zero-order valence-corrected chi connectivity index (χ0v) is 23.1. The average Bonchev–Trinajstić information content (AvgIpc) is 2.98. The number of benzene rings is 3. The van der Waals surface area contributed by atoms with E-state index in [9.17, 15) is 9.90 Å². The number of rotatable bonds is 12. The summed E-state index contributed by atoms with van der Waals surface area (Å²) in [6, 6.07) is 15.7. The van der Waals surface area contributed by atoms with Crippen LogP contribution in [0.5, 0.6) is 40.5 Å². The molecule has 44 heavy (non-hydrogen) atoms. The number of allylic oxidation sites excluding steroid dienone is 1. The molecule has 0 spiro atoms. The maximum Gasteiger partial charge on any atom is 0.263 e. The first-order valence-corrected chi connectivity index (χ1v) is 12.8. The van der Waals surface area contributed by atoms with Gasteiger partial charge in [-0.15, -0.1) is 0 Å². The van der Waals surface area contributed by atoms with Gasteiger partial charge in [-0.3, -0.25) is 10.8 Å². The number of halogens is 2. The molecule has 1 aromatic heterocycles. The molecule has 12 nitrogen and oxygen atoms in total. The van der Waals surface area contributed by atoms with Gasteiger partial charge in [-0.05, 0) is 55.0 Å². The maximum atomic E-state index is 15.8. The first-order chi connectivity index (χ1) is 21.1. The van der Waals surface area contributed by atoms with Crippen molar-refractivity contribution in [3.05, 3.63) is 95.3 Å². The summed E-state index contributed by atoms with van der Waals surface area (Å²) in [4.78, 5) is 15.0. The zero-order chi connectivity index (χ0) is 31.8. The molecule has 14 heteroatoms. The highest BCUT2D eigenvalue weighted by atomic mass is 19.1. The predicted molar refractivity (Wildman–Crippen MR) is 156 cm³/mol. The topological polar surface area (TPSA) is 199 Å². The van der Waals surface area contributed by atoms with E-state index in [4.69, 9.17) is 41.2 Å². The lowest BCUT2D eigenvalue weighted by atomic mass is 10.1. The Hall–Kier alpha value is -6.14. The molecule has 8 N–H and O–H groups in total. The monoisotopic (exact) mass is 604 g/mol. The van der Waals surface area contributed by atoms with Crippen molar-refractivity contribution >= 4 is 23.4 Å². The second-order valence-electron chi connectivity index (χ2n) is 8.93. The van der Waals surface area contributed by atoms with Gasteiger partial charge in [0.2, 0.25) is 17.4 Å². The number of phenolic OH excluding ortho intramolecular Hbond substituents is 1. The molecule has 0 bridgehead atoms. The summed E-state index contributed by atoms with van der Waals surface area (Å²) < 4.78 is 53.6. The van der Waals surface area contributed by atoms with Crippen LogP contribution in [-0.4, -0.2) is 34.4 Å². The summed E-state index contributed by atoms with van der Waals surface area (Å²) in [7, 11) is 0. The molecule has 0 unspecified atom stereocenters. The number of anilines is 1. The Morgan fingerprint density at radius 2 is 1.64 bits per heavy atom. The van der Waals surface area contributed by atoms with Gasteiger partial charge in [0.25, 0.3) is 11.8 Å². The number of amidine groups is 1. The number of guanidine groups is 1. The molecule has 226 valence electrons. The number of nitrogens with one attached hydrogen (secondary N) is 3. The van der Waals surface area contributed by atoms with Crippen molar-refractivity contribution in [1.29, 1.82) is 10.8 Å². The van der Waals surface area contributed by atoms with Crippen LogP contribution in [0, 0.1) is 22.5 Å². The Labute approximate surface area is 249 Å². The van der Waals surface area contributed by atoms with Gasteiger partial charge < -0.3 is 40.8 Å². The zero-order valence-electron chi connectivity index (χ0n) is 23.1. The predicted octanol–water partition coefficient (Wildman–Crippen LogP) is 5.33. The van der Waals surface area contributed by atoms with Gasteiger partial charge in [-0.25, -0.2) is 4.79 Å². The van der Waals surface area contributed by atoms with Crippen LogP contribution in [0.3, 0.4) is 0 Å². The lowest BCUT2D eigenvalue weighted by molar-refractivity contribution is 0.226. The average molecular weight is 605 g/mol.